The van der Waals surface area contributed by atoms with Crippen molar-refractivity contribution >= 4 is 15.9 Å². The second-order valence-corrected chi connectivity index (χ2v) is 5.45. The Hall–Kier alpha value is -1.30. The number of nitrogens with one attached hydrogen (secondary N) is 1. The quantitative estimate of drug-likeness (QED) is 0.505. The summed E-state index contributed by atoms with van der Waals surface area (Å²) in [5.41, 5.74) is 6.33. The third kappa shape index (κ3) is 2.61. The molecule has 0 radical (unpaired) electrons. The van der Waals surface area contributed by atoms with Crippen LogP contribution in [0.3, 0.4) is 0 Å². The average molecular weight is 341 g/mol. The Balaban J connectivity index is 2.59. The largest absolute Gasteiger partial charge is 0.271 e. The predicted molar refractivity (Wildman–Crippen MR) is 79.1 cm³/mol. The molecule has 0 amide bonds. The molecular formula is C15H15BrF2N2. The molecule has 2 rings (SSSR count). The summed E-state index contributed by atoms with van der Waals surface area (Å²) in [5.74, 6) is 3.83. The first-order valence-electron chi connectivity index (χ1n) is 6.13. The van der Waals surface area contributed by atoms with Crippen LogP contribution in [0.15, 0.2) is 34.8 Å². The third-order valence-corrected chi connectivity index (χ3v) is 4.31. The lowest BCUT2D eigenvalue weighted by Gasteiger charge is -2.21. The van der Waals surface area contributed by atoms with Crippen molar-refractivity contribution in [1.29, 1.82) is 0 Å². The van der Waals surface area contributed by atoms with Gasteiger partial charge in [-0.25, -0.2) is 14.2 Å². The molecule has 2 aromatic carbocycles. The maximum Gasteiger partial charge on any atom is 0.173 e. The smallest absolute Gasteiger partial charge is 0.173 e. The Bertz CT molecular complexity index is 644. The van der Waals surface area contributed by atoms with Gasteiger partial charge < -0.3 is 0 Å². The van der Waals surface area contributed by atoms with E-state index in [1.54, 1.807) is 0 Å². The molecule has 0 fully saturated rings. The van der Waals surface area contributed by atoms with E-state index in [2.05, 4.69) is 21.4 Å². The number of rotatable bonds is 3. The van der Waals surface area contributed by atoms with Crippen LogP contribution in [-0.4, -0.2) is 0 Å². The van der Waals surface area contributed by atoms with Crippen LogP contribution in [0.5, 0.6) is 0 Å². The zero-order valence-corrected chi connectivity index (χ0v) is 12.8. The Morgan fingerprint density at radius 1 is 1.10 bits per heavy atom. The van der Waals surface area contributed by atoms with Gasteiger partial charge in [-0.05, 0) is 58.1 Å². The lowest BCUT2D eigenvalue weighted by Crippen LogP contribution is -2.30. The summed E-state index contributed by atoms with van der Waals surface area (Å²) in [6.45, 7) is 3.97. The Morgan fingerprint density at radius 3 is 2.45 bits per heavy atom. The molecule has 0 aliphatic rings. The van der Waals surface area contributed by atoms with E-state index in [0.29, 0.717) is 5.56 Å². The van der Waals surface area contributed by atoms with Crippen LogP contribution in [0.4, 0.5) is 8.78 Å². The molecule has 3 N–H and O–H groups in total. The molecule has 106 valence electrons. The molecule has 20 heavy (non-hydrogen) atoms. The van der Waals surface area contributed by atoms with E-state index in [1.165, 1.54) is 6.07 Å². The van der Waals surface area contributed by atoms with Crippen molar-refractivity contribution in [2.75, 3.05) is 0 Å². The number of hydrazine groups is 1. The normalized spacial score (nSPS) is 12.5. The van der Waals surface area contributed by atoms with Gasteiger partial charge in [0, 0.05) is 0 Å². The first kappa shape index (κ1) is 15.1. The molecule has 1 unspecified atom stereocenters. The van der Waals surface area contributed by atoms with Crippen molar-refractivity contribution in [2.45, 2.75) is 19.9 Å². The Morgan fingerprint density at radius 2 is 1.80 bits per heavy atom. The number of nitrogens with two attached hydrogens (primary N) is 1. The number of hydrogen-bond donors (Lipinski definition) is 2. The molecule has 0 aliphatic heterocycles. The summed E-state index contributed by atoms with van der Waals surface area (Å²) in [6, 6.07) is 8.03. The van der Waals surface area contributed by atoms with Crippen LogP contribution in [0.25, 0.3) is 0 Å². The molecule has 2 aromatic rings. The first-order valence-corrected chi connectivity index (χ1v) is 6.92. The van der Waals surface area contributed by atoms with Gasteiger partial charge in [-0.15, -0.1) is 0 Å². The van der Waals surface area contributed by atoms with Crippen LogP contribution in [0, 0.1) is 25.5 Å². The van der Waals surface area contributed by atoms with E-state index >= 15 is 0 Å². The maximum absolute atomic E-state index is 13.7. The van der Waals surface area contributed by atoms with Gasteiger partial charge in [-0.1, -0.05) is 24.3 Å². The molecule has 5 heteroatoms. The molecule has 0 aliphatic carbocycles. The monoisotopic (exact) mass is 340 g/mol. The van der Waals surface area contributed by atoms with E-state index in [9.17, 15) is 8.78 Å². The summed E-state index contributed by atoms with van der Waals surface area (Å²) >= 11 is 3.10. The lowest BCUT2D eigenvalue weighted by molar-refractivity contribution is 0.498. The second-order valence-electron chi connectivity index (χ2n) is 4.65. The van der Waals surface area contributed by atoms with Crippen molar-refractivity contribution in [3.05, 3.63) is 68.7 Å². The number of benzene rings is 2. The van der Waals surface area contributed by atoms with Crippen LogP contribution < -0.4 is 11.3 Å². The fraction of sp³-hybridized carbons (Fsp3) is 0.200. The Kier molecular flexibility index (Phi) is 4.52. The van der Waals surface area contributed by atoms with Gasteiger partial charge in [0.15, 0.2) is 11.6 Å². The summed E-state index contributed by atoms with van der Waals surface area (Å²) in [7, 11) is 0. The number of hydrogen-bond acceptors (Lipinski definition) is 2. The molecule has 0 bridgehead atoms. The van der Waals surface area contributed by atoms with Gasteiger partial charge in [0.25, 0.3) is 0 Å². The van der Waals surface area contributed by atoms with Gasteiger partial charge in [-0.3, -0.25) is 5.84 Å². The zero-order chi connectivity index (χ0) is 14.9. The van der Waals surface area contributed by atoms with Crippen molar-refractivity contribution in [3.8, 4) is 0 Å². The molecule has 0 heterocycles. The highest BCUT2D eigenvalue weighted by atomic mass is 79.9. The van der Waals surface area contributed by atoms with Gasteiger partial charge in [-0.2, -0.15) is 0 Å². The third-order valence-electron chi connectivity index (χ3n) is 3.50. The highest BCUT2D eigenvalue weighted by molar-refractivity contribution is 9.10. The highest BCUT2D eigenvalue weighted by Gasteiger charge is 2.21. The van der Waals surface area contributed by atoms with Gasteiger partial charge >= 0.3 is 0 Å². The fourth-order valence-electron chi connectivity index (χ4n) is 2.20. The molecule has 0 saturated carbocycles. The van der Waals surface area contributed by atoms with E-state index in [0.717, 1.165) is 22.8 Å². The molecule has 2 nitrogen and oxygen atoms in total. The predicted octanol–water partition coefficient (Wildman–Crippen LogP) is 3.90. The summed E-state index contributed by atoms with van der Waals surface area (Å²) < 4.78 is 27.0. The van der Waals surface area contributed by atoms with Crippen LogP contribution in [-0.2, 0) is 0 Å². The molecule has 0 aromatic heterocycles. The van der Waals surface area contributed by atoms with Crippen LogP contribution in [0.1, 0.15) is 28.3 Å². The lowest BCUT2D eigenvalue weighted by atomic mass is 9.93. The number of halogens is 3. The molecule has 0 spiro atoms. The summed E-state index contributed by atoms with van der Waals surface area (Å²) in [6.07, 6.45) is 0. The van der Waals surface area contributed by atoms with Gasteiger partial charge in [0.1, 0.15) is 0 Å². The number of aryl methyl sites for hydroxylation is 1. The SMILES string of the molecule is Cc1cccc(C(NN)c2ccc(F)c(F)c2Br)c1C. The maximum atomic E-state index is 13.7. The first-order chi connectivity index (χ1) is 9.47. The second kappa shape index (κ2) is 5.99. The molecule has 1 atom stereocenters. The van der Waals surface area contributed by atoms with E-state index in [4.69, 9.17) is 5.84 Å². The van der Waals surface area contributed by atoms with E-state index in [1.807, 2.05) is 32.0 Å². The van der Waals surface area contributed by atoms with Crippen molar-refractivity contribution < 1.29 is 8.78 Å². The van der Waals surface area contributed by atoms with Crippen LogP contribution >= 0.6 is 15.9 Å². The van der Waals surface area contributed by atoms with E-state index < -0.39 is 17.7 Å². The highest BCUT2D eigenvalue weighted by Crippen LogP contribution is 2.33. The van der Waals surface area contributed by atoms with Crippen molar-refractivity contribution in [2.24, 2.45) is 5.84 Å². The van der Waals surface area contributed by atoms with Gasteiger partial charge in [0.2, 0.25) is 0 Å². The summed E-state index contributed by atoms with van der Waals surface area (Å²) in [4.78, 5) is 0. The molecule has 0 saturated heterocycles. The minimum atomic E-state index is -0.909. The topological polar surface area (TPSA) is 38.0 Å². The standard InChI is InChI=1S/C15H15BrF2N2/c1-8-4-3-5-10(9(8)2)15(20-19)11-6-7-12(17)14(18)13(11)16/h3-7,15,20H,19H2,1-2H3. The minimum Gasteiger partial charge on any atom is -0.271 e. The summed E-state index contributed by atoms with van der Waals surface area (Å²) in [5, 5.41) is 0. The fourth-order valence-corrected chi connectivity index (χ4v) is 2.75. The van der Waals surface area contributed by atoms with Crippen LogP contribution in [0.2, 0.25) is 0 Å². The molecular weight excluding hydrogens is 326 g/mol. The minimum absolute atomic E-state index is 0.0846. The Labute approximate surface area is 125 Å². The van der Waals surface area contributed by atoms with Crippen molar-refractivity contribution in [3.63, 3.8) is 0 Å². The van der Waals surface area contributed by atoms with Crippen molar-refractivity contribution in [1.82, 2.24) is 5.43 Å². The van der Waals surface area contributed by atoms with Gasteiger partial charge in [0.05, 0.1) is 10.5 Å². The van der Waals surface area contributed by atoms with E-state index in [-0.39, 0.29) is 4.47 Å². The zero-order valence-electron chi connectivity index (χ0n) is 11.2. The average Bonchev–Trinajstić information content (AvgIpc) is 2.44.